The summed E-state index contributed by atoms with van der Waals surface area (Å²) in [6, 6.07) is 0. The first-order valence-corrected chi connectivity index (χ1v) is 9.25. The first kappa shape index (κ1) is 20.4. The Balaban J connectivity index is 3.31. The Labute approximate surface area is 147 Å². The van der Waals surface area contributed by atoms with Gasteiger partial charge in [-0.25, -0.2) is 5.84 Å². The van der Waals surface area contributed by atoms with E-state index in [-0.39, 0.29) is 5.91 Å². The van der Waals surface area contributed by atoms with Gasteiger partial charge in [-0.3, -0.25) is 15.2 Å². The molecular weight excluding hydrogens is 298 g/mol. The summed E-state index contributed by atoms with van der Waals surface area (Å²) in [7, 11) is 0. The molecule has 0 atom stereocenters. The minimum Gasteiger partial charge on any atom is -0.289 e. The molecule has 0 radical (unpaired) electrons. The second-order valence-electron chi connectivity index (χ2n) is 6.29. The van der Waals surface area contributed by atoms with Crippen molar-refractivity contribution in [2.24, 2.45) is 16.8 Å². The first-order chi connectivity index (χ1) is 11.6. The maximum absolute atomic E-state index is 12.3. The molecule has 0 heterocycles. The Morgan fingerprint density at radius 1 is 1.29 bits per heavy atom. The molecule has 0 aromatic heterocycles. The van der Waals surface area contributed by atoms with E-state index >= 15 is 0 Å². The van der Waals surface area contributed by atoms with Crippen LogP contribution >= 0.6 is 0 Å². The summed E-state index contributed by atoms with van der Waals surface area (Å²) >= 11 is 0. The first-order valence-electron chi connectivity index (χ1n) is 9.25. The summed E-state index contributed by atoms with van der Waals surface area (Å²) in [5, 5.41) is 0. The Kier molecular flexibility index (Phi) is 9.31. The van der Waals surface area contributed by atoms with Crippen LogP contribution in [-0.2, 0) is 4.79 Å². The molecule has 0 aliphatic heterocycles. The highest BCUT2D eigenvalue weighted by molar-refractivity contribution is 5.99. The Bertz CT molecular complexity index is 537. The molecule has 1 fully saturated rings. The summed E-state index contributed by atoms with van der Waals surface area (Å²) in [5.74, 6) is 5.62. The van der Waals surface area contributed by atoms with Gasteiger partial charge in [-0.1, -0.05) is 51.8 Å². The Morgan fingerprint density at radius 3 is 2.46 bits per heavy atom. The van der Waals surface area contributed by atoms with E-state index in [1.165, 1.54) is 19.3 Å². The SMILES string of the molecule is CC\C=C/C(=C\CCC)C(/C)=C(/N=C(CC)C1CCC1)C(=O)NN. The van der Waals surface area contributed by atoms with E-state index in [1.54, 1.807) is 0 Å². The second-order valence-corrected chi connectivity index (χ2v) is 6.29. The zero-order valence-electron chi connectivity index (χ0n) is 15.7. The van der Waals surface area contributed by atoms with Crippen molar-refractivity contribution in [1.82, 2.24) is 5.43 Å². The number of nitrogens with one attached hydrogen (secondary N) is 1. The maximum atomic E-state index is 12.3. The fourth-order valence-electron chi connectivity index (χ4n) is 2.74. The highest BCUT2D eigenvalue weighted by atomic mass is 16.2. The van der Waals surface area contributed by atoms with Crippen LogP contribution in [0.1, 0.15) is 72.6 Å². The summed E-state index contributed by atoms with van der Waals surface area (Å²) < 4.78 is 0. The van der Waals surface area contributed by atoms with Gasteiger partial charge in [0.1, 0.15) is 5.70 Å². The van der Waals surface area contributed by atoms with Crippen molar-refractivity contribution in [3.63, 3.8) is 0 Å². The van der Waals surface area contributed by atoms with E-state index in [1.807, 2.05) is 6.92 Å². The van der Waals surface area contributed by atoms with Gasteiger partial charge in [-0.05, 0) is 56.1 Å². The van der Waals surface area contributed by atoms with E-state index in [4.69, 9.17) is 10.8 Å². The number of nitrogens with two attached hydrogens (primary N) is 1. The lowest BCUT2D eigenvalue weighted by molar-refractivity contribution is -0.117. The van der Waals surface area contributed by atoms with Gasteiger partial charge < -0.3 is 0 Å². The Hall–Kier alpha value is -1.68. The number of hydrazine groups is 1. The van der Waals surface area contributed by atoms with E-state index < -0.39 is 0 Å². The zero-order valence-corrected chi connectivity index (χ0v) is 15.7. The molecule has 0 aromatic rings. The molecule has 0 spiro atoms. The van der Waals surface area contributed by atoms with Crippen LogP contribution in [0.15, 0.2) is 40.1 Å². The number of unbranched alkanes of at least 4 members (excludes halogenated alkanes) is 1. The largest absolute Gasteiger partial charge is 0.289 e. The average molecular weight is 332 g/mol. The number of amides is 1. The molecule has 4 nitrogen and oxygen atoms in total. The van der Waals surface area contributed by atoms with Crippen molar-refractivity contribution in [3.8, 4) is 0 Å². The molecule has 0 unspecified atom stereocenters. The quantitative estimate of drug-likeness (QED) is 0.162. The van der Waals surface area contributed by atoms with Gasteiger partial charge in [0.25, 0.3) is 5.91 Å². The molecule has 0 aromatic carbocycles. The van der Waals surface area contributed by atoms with Gasteiger partial charge in [-0.15, -0.1) is 0 Å². The number of aliphatic imine (C=N–C) groups is 1. The number of carbonyl (C=O) groups excluding carboxylic acids is 1. The van der Waals surface area contributed by atoms with E-state index in [0.29, 0.717) is 11.6 Å². The molecule has 1 amide bonds. The summed E-state index contributed by atoms with van der Waals surface area (Å²) in [4.78, 5) is 17.1. The highest BCUT2D eigenvalue weighted by Crippen LogP contribution is 2.30. The normalized spacial score (nSPS) is 17.7. The van der Waals surface area contributed by atoms with Crippen LogP contribution in [0, 0.1) is 5.92 Å². The van der Waals surface area contributed by atoms with Crippen LogP contribution in [0.2, 0.25) is 0 Å². The average Bonchev–Trinajstić information content (AvgIpc) is 2.55. The number of nitrogens with zero attached hydrogens (tertiary/aromatic N) is 1. The van der Waals surface area contributed by atoms with Gasteiger partial charge in [0.05, 0.1) is 0 Å². The topological polar surface area (TPSA) is 67.5 Å². The fraction of sp³-hybridized carbons (Fsp3) is 0.600. The number of hydrogen-bond donors (Lipinski definition) is 2. The predicted octanol–water partition coefficient (Wildman–Crippen LogP) is 4.59. The van der Waals surface area contributed by atoms with Crippen LogP contribution in [0.4, 0.5) is 0 Å². The third-order valence-corrected chi connectivity index (χ3v) is 4.51. The minimum absolute atomic E-state index is 0.315. The molecule has 0 bridgehead atoms. The lowest BCUT2D eigenvalue weighted by atomic mass is 9.80. The van der Waals surface area contributed by atoms with Gasteiger partial charge in [0.15, 0.2) is 0 Å². The van der Waals surface area contributed by atoms with E-state index in [0.717, 1.165) is 42.5 Å². The lowest BCUT2D eigenvalue weighted by Gasteiger charge is -2.27. The zero-order chi connectivity index (χ0) is 17.9. The van der Waals surface area contributed by atoms with Crippen molar-refractivity contribution in [3.05, 3.63) is 35.1 Å². The molecule has 24 heavy (non-hydrogen) atoms. The van der Waals surface area contributed by atoms with Gasteiger partial charge in [0.2, 0.25) is 0 Å². The predicted molar refractivity (Wildman–Crippen MR) is 103 cm³/mol. The van der Waals surface area contributed by atoms with Crippen LogP contribution in [0.25, 0.3) is 0 Å². The maximum Gasteiger partial charge on any atom is 0.284 e. The summed E-state index contributed by atoms with van der Waals surface area (Å²) in [5.41, 5.74) is 5.78. The molecule has 1 aliphatic carbocycles. The summed E-state index contributed by atoms with van der Waals surface area (Å²) in [6.45, 7) is 8.32. The third-order valence-electron chi connectivity index (χ3n) is 4.51. The van der Waals surface area contributed by atoms with Gasteiger partial charge in [-0.2, -0.15) is 0 Å². The van der Waals surface area contributed by atoms with E-state index in [2.05, 4.69) is 44.4 Å². The van der Waals surface area contributed by atoms with Crippen LogP contribution in [0.3, 0.4) is 0 Å². The Morgan fingerprint density at radius 2 is 2.00 bits per heavy atom. The second kappa shape index (κ2) is 11.0. The smallest absolute Gasteiger partial charge is 0.284 e. The standard InChI is InChI=1S/C20H33N3O/c1-5-8-11-16(12-9-6-2)15(4)19(20(24)23-21)22-18(7-3)17-13-10-14-17/h8,11-12,17H,5-7,9-10,13-14,21H2,1-4H3,(H,23,24)/b11-8-,16-12+,19-15+,22-18?. The molecule has 1 saturated carbocycles. The molecule has 4 heteroatoms. The van der Waals surface area contributed by atoms with Crippen molar-refractivity contribution in [2.45, 2.75) is 72.6 Å². The lowest BCUT2D eigenvalue weighted by Crippen LogP contribution is -2.32. The monoisotopic (exact) mass is 331 g/mol. The third kappa shape index (κ3) is 5.75. The number of carbonyl (C=O) groups is 1. The number of allylic oxidation sites excluding steroid dienone is 5. The molecule has 0 saturated heterocycles. The van der Waals surface area contributed by atoms with Crippen LogP contribution < -0.4 is 11.3 Å². The van der Waals surface area contributed by atoms with Crippen molar-refractivity contribution >= 4 is 11.6 Å². The fourth-order valence-corrected chi connectivity index (χ4v) is 2.74. The van der Waals surface area contributed by atoms with Crippen molar-refractivity contribution < 1.29 is 4.79 Å². The molecule has 3 N–H and O–H groups in total. The van der Waals surface area contributed by atoms with Crippen molar-refractivity contribution in [2.75, 3.05) is 0 Å². The summed E-state index contributed by atoms with van der Waals surface area (Å²) in [6.07, 6.45) is 13.9. The minimum atomic E-state index is -0.315. The van der Waals surface area contributed by atoms with Crippen molar-refractivity contribution in [1.29, 1.82) is 0 Å². The highest BCUT2D eigenvalue weighted by Gasteiger charge is 2.23. The van der Waals surface area contributed by atoms with E-state index in [9.17, 15) is 4.79 Å². The molecular formula is C20H33N3O. The van der Waals surface area contributed by atoms with Gasteiger partial charge >= 0.3 is 0 Å². The molecule has 134 valence electrons. The molecule has 1 rings (SSSR count). The number of hydrogen-bond acceptors (Lipinski definition) is 3. The van der Waals surface area contributed by atoms with Gasteiger partial charge in [0, 0.05) is 5.71 Å². The van der Waals surface area contributed by atoms with Crippen LogP contribution in [0.5, 0.6) is 0 Å². The molecule has 1 aliphatic rings. The van der Waals surface area contributed by atoms with Crippen LogP contribution in [-0.4, -0.2) is 11.6 Å². The number of rotatable bonds is 9.